The van der Waals surface area contributed by atoms with Crippen LogP contribution in [0.3, 0.4) is 0 Å². The molecule has 1 aromatic rings. The molecular weight excluding hydrogens is 398 g/mol. The molecule has 0 spiro atoms. The zero-order valence-electron chi connectivity index (χ0n) is 18.0. The van der Waals surface area contributed by atoms with Crippen LogP contribution >= 0.6 is 0 Å². The van der Waals surface area contributed by atoms with Gasteiger partial charge in [0.05, 0.1) is 12.7 Å². The number of anilines is 1. The topological polar surface area (TPSA) is 103 Å². The molecular formula is C22H31N5O4. The number of hydrogen-bond acceptors (Lipinski definition) is 7. The summed E-state index contributed by atoms with van der Waals surface area (Å²) in [4.78, 5) is 40.9. The molecule has 3 N–H and O–H groups in total. The van der Waals surface area contributed by atoms with Crippen molar-refractivity contribution in [1.82, 2.24) is 20.9 Å². The summed E-state index contributed by atoms with van der Waals surface area (Å²) in [5.74, 6) is -0.674. The largest absolute Gasteiger partial charge is 0.496 e. The van der Waals surface area contributed by atoms with Crippen molar-refractivity contribution in [3.05, 3.63) is 23.8 Å². The predicted molar refractivity (Wildman–Crippen MR) is 116 cm³/mol. The normalized spacial score (nSPS) is 23.4. The summed E-state index contributed by atoms with van der Waals surface area (Å²) < 4.78 is 5.49. The molecule has 0 saturated carbocycles. The number of amides is 3. The zero-order chi connectivity index (χ0) is 21.8. The predicted octanol–water partition coefficient (Wildman–Crippen LogP) is 0.104. The Labute approximate surface area is 182 Å². The maximum absolute atomic E-state index is 12.7. The third-order valence-corrected chi connectivity index (χ3v) is 6.47. The van der Waals surface area contributed by atoms with Crippen molar-refractivity contribution in [1.29, 1.82) is 0 Å². The molecule has 3 fully saturated rings. The Morgan fingerprint density at radius 1 is 1.10 bits per heavy atom. The number of piperidine rings is 2. The Morgan fingerprint density at radius 2 is 1.84 bits per heavy atom. The summed E-state index contributed by atoms with van der Waals surface area (Å²) in [6.07, 6.45) is 2.77. The minimum atomic E-state index is -0.710. The molecule has 0 radical (unpaired) electrons. The quantitative estimate of drug-likeness (QED) is 0.571. The highest BCUT2D eigenvalue weighted by Gasteiger charge is 2.29. The van der Waals surface area contributed by atoms with E-state index in [4.69, 9.17) is 4.74 Å². The highest BCUT2D eigenvalue weighted by molar-refractivity contribution is 6.04. The number of piperazine rings is 1. The van der Waals surface area contributed by atoms with Gasteiger partial charge < -0.3 is 20.3 Å². The number of benzene rings is 1. The molecule has 3 heterocycles. The lowest BCUT2D eigenvalue weighted by atomic mass is 10.0. The molecule has 4 rings (SSSR count). The van der Waals surface area contributed by atoms with E-state index in [0.717, 1.165) is 57.8 Å². The molecule has 3 aliphatic heterocycles. The number of ether oxygens (including phenoxy) is 1. The highest BCUT2D eigenvalue weighted by Crippen LogP contribution is 2.29. The number of hydrogen-bond donors (Lipinski definition) is 3. The van der Waals surface area contributed by atoms with Crippen LogP contribution in [0.2, 0.25) is 0 Å². The molecule has 3 aliphatic rings. The molecule has 0 aromatic heterocycles. The lowest BCUT2D eigenvalue weighted by molar-refractivity contribution is -0.134. The first kappa shape index (κ1) is 21.6. The molecule has 3 saturated heterocycles. The maximum Gasteiger partial charge on any atom is 0.255 e. The van der Waals surface area contributed by atoms with Crippen LogP contribution in [-0.2, 0) is 9.59 Å². The molecule has 9 nitrogen and oxygen atoms in total. The van der Waals surface area contributed by atoms with E-state index < -0.39 is 11.9 Å². The second kappa shape index (κ2) is 9.65. The van der Waals surface area contributed by atoms with Crippen molar-refractivity contribution in [2.24, 2.45) is 0 Å². The number of carbonyl (C=O) groups is 3. The second-order valence-electron chi connectivity index (χ2n) is 8.37. The number of methoxy groups -OCH3 is 1. The van der Waals surface area contributed by atoms with Gasteiger partial charge in [0.1, 0.15) is 11.8 Å². The van der Waals surface area contributed by atoms with Crippen molar-refractivity contribution >= 4 is 23.4 Å². The Kier molecular flexibility index (Phi) is 6.72. The van der Waals surface area contributed by atoms with Gasteiger partial charge in [-0.1, -0.05) is 0 Å². The van der Waals surface area contributed by atoms with E-state index in [1.165, 1.54) is 0 Å². The van der Waals surface area contributed by atoms with Gasteiger partial charge in [0.15, 0.2) is 0 Å². The van der Waals surface area contributed by atoms with Crippen LogP contribution in [0.15, 0.2) is 18.2 Å². The number of rotatable bonds is 5. The molecule has 0 bridgehead atoms. The maximum atomic E-state index is 12.7. The van der Waals surface area contributed by atoms with Crippen molar-refractivity contribution in [3.8, 4) is 5.75 Å². The van der Waals surface area contributed by atoms with E-state index in [9.17, 15) is 14.4 Å². The van der Waals surface area contributed by atoms with Crippen LogP contribution in [0.5, 0.6) is 5.75 Å². The Hall–Kier alpha value is -2.65. The summed E-state index contributed by atoms with van der Waals surface area (Å²) in [5.41, 5.74) is 1.42. The second-order valence-corrected chi connectivity index (χ2v) is 8.37. The Morgan fingerprint density at radius 3 is 2.52 bits per heavy atom. The molecule has 1 aromatic carbocycles. The van der Waals surface area contributed by atoms with E-state index in [1.54, 1.807) is 13.2 Å². The molecule has 31 heavy (non-hydrogen) atoms. The van der Waals surface area contributed by atoms with Crippen LogP contribution in [0.25, 0.3) is 0 Å². The molecule has 9 heteroatoms. The molecule has 3 amide bonds. The lowest BCUT2D eigenvalue weighted by Gasteiger charge is -2.41. The van der Waals surface area contributed by atoms with Gasteiger partial charge in [-0.2, -0.15) is 0 Å². The van der Waals surface area contributed by atoms with E-state index in [2.05, 4.69) is 25.8 Å². The molecule has 168 valence electrons. The summed E-state index contributed by atoms with van der Waals surface area (Å²) in [7, 11) is 1.54. The highest BCUT2D eigenvalue weighted by atomic mass is 16.5. The Bertz CT molecular complexity index is 831. The minimum absolute atomic E-state index is 0.219. The van der Waals surface area contributed by atoms with E-state index in [0.29, 0.717) is 23.8 Å². The molecule has 1 unspecified atom stereocenters. The van der Waals surface area contributed by atoms with Gasteiger partial charge in [-0.25, -0.2) is 0 Å². The fourth-order valence-corrected chi connectivity index (χ4v) is 4.67. The van der Waals surface area contributed by atoms with Crippen LogP contribution in [0, 0.1) is 0 Å². The average Bonchev–Trinajstić information content (AvgIpc) is 2.81. The zero-order valence-corrected chi connectivity index (χ0v) is 18.0. The fraction of sp³-hybridized carbons (Fsp3) is 0.591. The average molecular weight is 430 g/mol. The van der Waals surface area contributed by atoms with Crippen LogP contribution in [0.1, 0.15) is 36.0 Å². The molecule has 0 aliphatic carbocycles. The first-order valence-corrected chi connectivity index (χ1v) is 11.1. The molecule has 1 atom stereocenters. The third-order valence-electron chi connectivity index (χ3n) is 6.47. The van der Waals surface area contributed by atoms with Gasteiger partial charge >= 0.3 is 0 Å². The van der Waals surface area contributed by atoms with Gasteiger partial charge in [0.25, 0.3) is 5.91 Å². The lowest BCUT2D eigenvalue weighted by Crippen LogP contribution is -2.52. The van der Waals surface area contributed by atoms with E-state index in [1.807, 2.05) is 12.1 Å². The van der Waals surface area contributed by atoms with E-state index >= 15 is 0 Å². The first-order chi connectivity index (χ1) is 15.0. The summed E-state index contributed by atoms with van der Waals surface area (Å²) >= 11 is 0. The van der Waals surface area contributed by atoms with Gasteiger partial charge in [-0.05, 0) is 31.4 Å². The minimum Gasteiger partial charge on any atom is -0.496 e. The van der Waals surface area contributed by atoms with Crippen molar-refractivity contribution < 1.29 is 19.1 Å². The number of imide groups is 1. The van der Waals surface area contributed by atoms with Gasteiger partial charge in [-0.15, -0.1) is 0 Å². The number of nitrogens with one attached hydrogen (secondary N) is 3. The summed E-state index contributed by atoms with van der Waals surface area (Å²) in [6.45, 7) is 6.32. The standard InChI is InChI=1S/C22H31N5O4/c1-31-19-14-16(26-10-6-15(7-11-26)27-12-8-23-9-13-27)2-3-17(19)21(29)24-18-4-5-20(28)25-22(18)30/h2-3,14-15,18,23H,4-13H2,1H3,(H,24,29)(H,25,28,30). The van der Waals surface area contributed by atoms with E-state index in [-0.39, 0.29) is 18.2 Å². The van der Waals surface area contributed by atoms with Crippen molar-refractivity contribution in [3.63, 3.8) is 0 Å². The van der Waals surface area contributed by atoms with Crippen molar-refractivity contribution in [2.45, 2.75) is 37.8 Å². The van der Waals surface area contributed by atoms with Gasteiger partial charge in [-0.3, -0.25) is 24.6 Å². The van der Waals surface area contributed by atoms with Crippen molar-refractivity contribution in [2.75, 3.05) is 51.3 Å². The Balaban J connectivity index is 1.38. The van der Waals surface area contributed by atoms with Gasteiger partial charge in [0, 0.05) is 63.5 Å². The van der Waals surface area contributed by atoms with Crippen LogP contribution < -0.4 is 25.6 Å². The summed E-state index contributed by atoms with van der Waals surface area (Å²) in [6, 6.07) is 5.51. The third kappa shape index (κ3) is 4.99. The monoisotopic (exact) mass is 429 g/mol. The first-order valence-electron chi connectivity index (χ1n) is 11.1. The van der Waals surface area contributed by atoms with Crippen LogP contribution in [-0.4, -0.2) is 81.1 Å². The smallest absolute Gasteiger partial charge is 0.255 e. The number of nitrogens with zero attached hydrogens (tertiary/aromatic N) is 2. The van der Waals surface area contributed by atoms with Gasteiger partial charge in [0.2, 0.25) is 11.8 Å². The SMILES string of the molecule is COc1cc(N2CCC(N3CCNCC3)CC2)ccc1C(=O)NC1CCC(=O)NC1=O. The van der Waals surface area contributed by atoms with Crippen LogP contribution in [0.4, 0.5) is 5.69 Å². The number of carbonyl (C=O) groups excluding carboxylic acids is 3. The summed E-state index contributed by atoms with van der Waals surface area (Å²) in [5, 5.41) is 8.38. The fourth-order valence-electron chi connectivity index (χ4n) is 4.67.